The van der Waals surface area contributed by atoms with Gasteiger partial charge in [-0.1, -0.05) is 35.9 Å². The molecule has 1 aliphatic rings. The highest BCUT2D eigenvalue weighted by atomic mass is 16.2. The van der Waals surface area contributed by atoms with Gasteiger partial charge in [0.15, 0.2) is 0 Å². The summed E-state index contributed by atoms with van der Waals surface area (Å²) in [6, 6.07) is 15.8. The first-order valence-electron chi connectivity index (χ1n) is 10.5. The maximum absolute atomic E-state index is 13.5. The van der Waals surface area contributed by atoms with Crippen LogP contribution in [0.3, 0.4) is 0 Å². The Balaban J connectivity index is 1.47. The fourth-order valence-electron chi connectivity index (χ4n) is 3.89. The van der Waals surface area contributed by atoms with Crippen molar-refractivity contribution in [2.24, 2.45) is 5.92 Å². The van der Waals surface area contributed by atoms with Crippen LogP contribution in [0.25, 0.3) is 0 Å². The van der Waals surface area contributed by atoms with Crippen molar-refractivity contribution >= 4 is 11.8 Å². The van der Waals surface area contributed by atoms with Gasteiger partial charge in [-0.2, -0.15) is 0 Å². The van der Waals surface area contributed by atoms with Crippen molar-refractivity contribution < 1.29 is 9.59 Å². The fourth-order valence-corrected chi connectivity index (χ4v) is 3.89. The third kappa shape index (κ3) is 5.34. The van der Waals surface area contributed by atoms with Crippen LogP contribution in [0.4, 0.5) is 0 Å². The second-order valence-corrected chi connectivity index (χ2v) is 8.07. The van der Waals surface area contributed by atoms with Crippen molar-refractivity contribution in [3.8, 4) is 0 Å². The number of benzene rings is 1. The minimum Gasteiger partial charge on any atom is -0.338 e. The van der Waals surface area contributed by atoms with Gasteiger partial charge in [-0.3, -0.25) is 19.6 Å². The molecule has 0 saturated carbocycles. The molecule has 6 heteroatoms. The zero-order chi connectivity index (χ0) is 21.6. The monoisotopic (exact) mass is 414 g/mol. The molecule has 31 heavy (non-hydrogen) atoms. The molecule has 0 N–H and O–H groups in total. The van der Waals surface area contributed by atoms with Gasteiger partial charge in [0.25, 0.3) is 0 Å². The molecule has 158 valence electrons. The van der Waals surface area contributed by atoms with Gasteiger partial charge in [-0.15, -0.1) is 0 Å². The van der Waals surface area contributed by atoms with E-state index in [9.17, 15) is 9.59 Å². The Labute approximate surface area is 182 Å². The average Bonchev–Trinajstić information content (AvgIpc) is 3.16. The molecule has 1 atom stereocenters. The number of carbonyl (C=O) groups excluding carboxylic acids is 2. The van der Waals surface area contributed by atoms with Crippen LogP contribution < -0.4 is 0 Å². The van der Waals surface area contributed by atoms with Gasteiger partial charge < -0.3 is 9.80 Å². The predicted molar refractivity (Wildman–Crippen MR) is 117 cm³/mol. The number of hydrogen-bond donors (Lipinski definition) is 0. The molecule has 2 amide bonds. The summed E-state index contributed by atoms with van der Waals surface area (Å²) in [5.74, 6) is -0.305. The van der Waals surface area contributed by atoms with Gasteiger partial charge in [0.1, 0.15) is 0 Å². The van der Waals surface area contributed by atoms with Crippen molar-refractivity contribution in [2.75, 3.05) is 6.54 Å². The molecule has 0 aliphatic carbocycles. The fraction of sp³-hybridized carbons (Fsp3) is 0.280. The van der Waals surface area contributed by atoms with E-state index in [0.717, 1.165) is 16.7 Å². The molecule has 0 spiro atoms. The minimum absolute atomic E-state index is 0.000390. The number of pyridine rings is 2. The van der Waals surface area contributed by atoms with E-state index < -0.39 is 0 Å². The Morgan fingerprint density at radius 2 is 1.71 bits per heavy atom. The third-order valence-corrected chi connectivity index (χ3v) is 5.59. The van der Waals surface area contributed by atoms with Crippen LogP contribution in [0.15, 0.2) is 73.3 Å². The molecular weight excluding hydrogens is 388 g/mol. The molecule has 6 nitrogen and oxygen atoms in total. The molecule has 3 heterocycles. The summed E-state index contributed by atoms with van der Waals surface area (Å²) in [5, 5.41) is 0. The van der Waals surface area contributed by atoms with Crippen LogP contribution in [0, 0.1) is 12.8 Å². The SMILES string of the molecule is Cc1ccc(CN2CC(C(=O)N(Cc3ccncc3)Cc3cccnc3)CC2=O)cc1. The van der Waals surface area contributed by atoms with E-state index >= 15 is 0 Å². The van der Waals surface area contributed by atoms with Crippen LogP contribution in [0.2, 0.25) is 0 Å². The van der Waals surface area contributed by atoms with Gasteiger partial charge in [0, 0.05) is 57.4 Å². The van der Waals surface area contributed by atoms with Crippen LogP contribution >= 0.6 is 0 Å². The van der Waals surface area contributed by atoms with Crippen molar-refractivity contribution in [1.29, 1.82) is 0 Å². The van der Waals surface area contributed by atoms with Gasteiger partial charge in [0.05, 0.1) is 5.92 Å². The second-order valence-electron chi connectivity index (χ2n) is 8.07. The van der Waals surface area contributed by atoms with Crippen molar-refractivity contribution in [1.82, 2.24) is 19.8 Å². The molecule has 4 rings (SSSR count). The van der Waals surface area contributed by atoms with E-state index in [4.69, 9.17) is 0 Å². The zero-order valence-corrected chi connectivity index (χ0v) is 17.6. The van der Waals surface area contributed by atoms with Crippen LogP contribution in [-0.2, 0) is 29.2 Å². The second kappa shape index (κ2) is 9.51. The molecule has 0 radical (unpaired) electrons. The smallest absolute Gasteiger partial charge is 0.228 e. The van der Waals surface area contributed by atoms with Crippen molar-refractivity contribution in [2.45, 2.75) is 33.0 Å². The number of amides is 2. The van der Waals surface area contributed by atoms with Crippen LogP contribution in [0.1, 0.15) is 28.7 Å². The molecule has 1 aliphatic heterocycles. The summed E-state index contributed by atoms with van der Waals surface area (Å²) in [7, 11) is 0. The number of aromatic nitrogens is 2. The quantitative estimate of drug-likeness (QED) is 0.595. The topological polar surface area (TPSA) is 66.4 Å². The first-order valence-corrected chi connectivity index (χ1v) is 10.5. The van der Waals surface area contributed by atoms with Gasteiger partial charge in [0.2, 0.25) is 11.8 Å². The first-order chi connectivity index (χ1) is 15.1. The van der Waals surface area contributed by atoms with Gasteiger partial charge in [-0.05, 0) is 41.8 Å². The molecule has 2 aromatic heterocycles. The lowest BCUT2D eigenvalue weighted by molar-refractivity contribution is -0.137. The minimum atomic E-state index is -0.337. The zero-order valence-electron chi connectivity index (χ0n) is 17.6. The number of likely N-dealkylation sites (tertiary alicyclic amines) is 1. The molecule has 1 fully saturated rings. The van der Waals surface area contributed by atoms with Crippen molar-refractivity contribution in [3.05, 3.63) is 95.6 Å². The molecular formula is C25H26N4O2. The van der Waals surface area contributed by atoms with Crippen LogP contribution in [-0.4, -0.2) is 38.1 Å². The Morgan fingerprint density at radius 3 is 2.42 bits per heavy atom. The Morgan fingerprint density at radius 1 is 0.968 bits per heavy atom. The molecule has 3 aromatic rings. The van der Waals surface area contributed by atoms with Crippen LogP contribution in [0.5, 0.6) is 0 Å². The highest BCUT2D eigenvalue weighted by Crippen LogP contribution is 2.24. The Hall–Kier alpha value is -3.54. The lowest BCUT2D eigenvalue weighted by Crippen LogP contribution is -2.36. The van der Waals surface area contributed by atoms with E-state index in [2.05, 4.69) is 9.97 Å². The summed E-state index contributed by atoms with van der Waals surface area (Å²) in [4.78, 5) is 37.9. The lowest BCUT2D eigenvalue weighted by Gasteiger charge is -2.26. The maximum atomic E-state index is 13.5. The highest BCUT2D eigenvalue weighted by Gasteiger charge is 2.36. The first kappa shape index (κ1) is 20.7. The van der Waals surface area contributed by atoms with E-state index in [1.807, 2.05) is 60.4 Å². The lowest BCUT2D eigenvalue weighted by atomic mass is 10.1. The van der Waals surface area contributed by atoms with Crippen molar-refractivity contribution in [3.63, 3.8) is 0 Å². The largest absolute Gasteiger partial charge is 0.338 e. The average molecular weight is 415 g/mol. The molecule has 1 saturated heterocycles. The van der Waals surface area contributed by atoms with Gasteiger partial charge >= 0.3 is 0 Å². The number of carbonyl (C=O) groups is 2. The summed E-state index contributed by atoms with van der Waals surface area (Å²) in [6.45, 7) is 3.96. The van der Waals surface area contributed by atoms with E-state index in [1.54, 1.807) is 29.7 Å². The van der Waals surface area contributed by atoms with Gasteiger partial charge in [-0.25, -0.2) is 0 Å². The predicted octanol–water partition coefficient (Wildman–Crippen LogP) is 3.36. The van der Waals surface area contributed by atoms with E-state index in [0.29, 0.717) is 26.2 Å². The summed E-state index contributed by atoms with van der Waals surface area (Å²) in [5.41, 5.74) is 4.24. The summed E-state index contributed by atoms with van der Waals surface area (Å²) < 4.78 is 0. The normalized spacial score (nSPS) is 15.8. The maximum Gasteiger partial charge on any atom is 0.228 e. The van der Waals surface area contributed by atoms with E-state index in [1.165, 1.54) is 5.56 Å². The molecule has 0 bridgehead atoms. The molecule has 1 unspecified atom stereocenters. The molecule has 1 aromatic carbocycles. The number of rotatable bonds is 7. The standard InChI is InChI=1S/C25H26N4O2/c1-19-4-6-20(7-5-19)15-28-18-23(13-24(28)30)25(31)29(16-21-8-11-26-12-9-21)17-22-3-2-10-27-14-22/h2-12,14,23H,13,15-18H2,1H3. The highest BCUT2D eigenvalue weighted by molar-refractivity contribution is 5.89. The number of aryl methyl sites for hydroxylation is 1. The van der Waals surface area contributed by atoms with E-state index in [-0.39, 0.29) is 24.2 Å². The third-order valence-electron chi connectivity index (χ3n) is 5.59. The summed E-state index contributed by atoms with van der Waals surface area (Å²) in [6.07, 6.45) is 7.20. The Kier molecular flexibility index (Phi) is 6.36. The number of hydrogen-bond acceptors (Lipinski definition) is 4. The Bertz CT molecular complexity index is 981. The number of nitrogens with zero attached hydrogens (tertiary/aromatic N) is 4. The summed E-state index contributed by atoms with van der Waals surface area (Å²) >= 11 is 0.